The van der Waals surface area contributed by atoms with Crippen molar-refractivity contribution in [2.75, 3.05) is 14.2 Å². The standard InChI is InChI=1S/C15H29NO/c1-12-6-8-13(9-7-12)14(16-2)15(17-3)10-4-5-11-15/h12-14,16H,4-11H2,1-3H3. The molecule has 0 bridgehead atoms. The first kappa shape index (κ1) is 13.4. The van der Waals surface area contributed by atoms with Crippen LogP contribution in [0, 0.1) is 11.8 Å². The van der Waals surface area contributed by atoms with Crippen molar-refractivity contribution < 1.29 is 4.74 Å². The maximum Gasteiger partial charge on any atom is 0.0833 e. The molecule has 0 amide bonds. The second-order valence-electron chi connectivity index (χ2n) is 6.26. The first-order valence-electron chi connectivity index (χ1n) is 7.44. The summed E-state index contributed by atoms with van der Waals surface area (Å²) < 4.78 is 5.97. The number of nitrogens with one attached hydrogen (secondary N) is 1. The second-order valence-corrected chi connectivity index (χ2v) is 6.26. The van der Waals surface area contributed by atoms with Gasteiger partial charge >= 0.3 is 0 Å². The van der Waals surface area contributed by atoms with Crippen LogP contribution in [0.5, 0.6) is 0 Å². The molecule has 100 valence electrons. The van der Waals surface area contributed by atoms with Crippen molar-refractivity contribution >= 4 is 0 Å². The van der Waals surface area contributed by atoms with E-state index in [0.717, 1.165) is 11.8 Å². The van der Waals surface area contributed by atoms with E-state index in [9.17, 15) is 0 Å². The van der Waals surface area contributed by atoms with Crippen LogP contribution in [0.25, 0.3) is 0 Å². The van der Waals surface area contributed by atoms with Gasteiger partial charge in [-0.15, -0.1) is 0 Å². The fourth-order valence-electron chi connectivity index (χ4n) is 4.16. The Kier molecular flexibility index (Phi) is 4.48. The van der Waals surface area contributed by atoms with Gasteiger partial charge in [-0.25, -0.2) is 0 Å². The average Bonchev–Trinajstić information content (AvgIpc) is 2.82. The van der Waals surface area contributed by atoms with Crippen LogP contribution in [0.2, 0.25) is 0 Å². The summed E-state index contributed by atoms with van der Waals surface area (Å²) in [4.78, 5) is 0. The summed E-state index contributed by atoms with van der Waals surface area (Å²) in [7, 11) is 4.04. The highest BCUT2D eigenvalue weighted by atomic mass is 16.5. The van der Waals surface area contributed by atoms with Gasteiger partial charge in [0, 0.05) is 13.2 Å². The molecule has 0 spiro atoms. The van der Waals surface area contributed by atoms with Crippen LogP contribution in [0.15, 0.2) is 0 Å². The molecule has 1 atom stereocenters. The molecule has 1 N–H and O–H groups in total. The molecular weight excluding hydrogens is 210 g/mol. The highest BCUT2D eigenvalue weighted by Gasteiger charge is 2.44. The maximum atomic E-state index is 5.97. The summed E-state index contributed by atoms with van der Waals surface area (Å²) in [6.45, 7) is 2.40. The van der Waals surface area contributed by atoms with Crippen molar-refractivity contribution in [3.8, 4) is 0 Å². The summed E-state index contributed by atoms with van der Waals surface area (Å²) in [5, 5.41) is 3.60. The molecule has 2 saturated carbocycles. The predicted molar refractivity (Wildman–Crippen MR) is 72.2 cm³/mol. The molecule has 2 fully saturated rings. The lowest BCUT2D eigenvalue weighted by Gasteiger charge is -2.43. The molecule has 0 saturated heterocycles. The lowest BCUT2D eigenvalue weighted by Crippen LogP contribution is -2.54. The van der Waals surface area contributed by atoms with Crippen molar-refractivity contribution in [1.29, 1.82) is 0 Å². The third-order valence-corrected chi connectivity index (χ3v) is 5.27. The zero-order valence-electron chi connectivity index (χ0n) is 11.8. The van der Waals surface area contributed by atoms with Gasteiger partial charge in [0.2, 0.25) is 0 Å². The van der Waals surface area contributed by atoms with Crippen molar-refractivity contribution in [2.24, 2.45) is 11.8 Å². The summed E-state index contributed by atoms with van der Waals surface area (Å²) in [6, 6.07) is 0.572. The first-order chi connectivity index (χ1) is 8.22. The molecule has 0 radical (unpaired) electrons. The average molecular weight is 239 g/mol. The van der Waals surface area contributed by atoms with Gasteiger partial charge in [-0.2, -0.15) is 0 Å². The Morgan fingerprint density at radius 1 is 1.12 bits per heavy atom. The van der Waals surface area contributed by atoms with Crippen LogP contribution in [0.4, 0.5) is 0 Å². The van der Waals surface area contributed by atoms with E-state index in [0.29, 0.717) is 6.04 Å². The Labute approximate surface area is 107 Å². The molecule has 2 aliphatic rings. The molecule has 2 aliphatic carbocycles. The minimum Gasteiger partial charge on any atom is -0.377 e. The minimum absolute atomic E-state index is 0.139. The molecular formula is C15H29NO. The van der Waals surface area contributed by atoms with Crippen LogP contribution >= 0.6 is 0 Å². The van der Waals surface area contributed by atoms with Crippen LogP contribution < -0.4 is 5.32 Å². The summed E-state index contributed by atoms with van der Waals surface area (Å²) in [5.74, 6) is 1.76. The minimum atomic E-state index is 0.139. The largest absolute Gasteiger partial charge is 0.377 e. The van der Waals surface area contributed by atoms with E-state index < -0.39 is 0 Å². The highest BCUT2D eigenvalue weighted by Crippen LogP contribution is 2.42. The Hall–Kier alpha value is -0.0800. The van der Waals surface area contributed by atoms with Gasteiger partial charge in [0.15, 0.2) is 0 Å². The van der Waals surface area contributed by atoms with E-state index in [1.165, 1.54) is 51.4 Å². The molecule has 2 rings (SSSR count). The predicted octanol–water partition coefficient (Wildman–Crippen LogP) is 3.36. The van der Waals surface area contributed by atoms with E-state index >= 15 is 0 Å². The lowest BCUT2D eigenvalue weighted by atomic mass is 9.73. The Balaban J connectivity index is 2.04. The summed E-state index contributed by atoms with van der Waals surface area (Å²) in [6.07, 6.45) is 10.8. The van der Waals surface area contributed by atoms with Crippen LogP contribution in [-0.4, -0.2) is 25.8 Å². The first-order valence-corrected chi connectivity index (χ1v) is 7.44. The SMILES string of the molecule is CNC(C1CCC(C)CC1)C1(OC)CCCC1. The monoisotopic (exact) mass is 239 g/mol. The van der Waals surface area contributed by atoms with Gasteiger partial charge in [0.25, 0.3) is 0 Å². The Bertz CT molecular complexity index is 227. The van der Waals surface area contributed by atoms with Crippen molar-refractivity contribution in [3.63, 3.8) is 0 Å². The quantitative estimate of drug-likeness (QED) is 0.812. The van der Waals surface area contributed by atoms with Gasteiger partial charge in [-0.1, -0.05) is 32.6 Å². The number of likely N-dealkylation sites (N-methyl/N-ethyl adjacent to an activating group) is 1. The number of ether oxygens (including phenoxy) is 1. The topological polar surface area (TPSA) is 21.3 Å². The van der Waals surface area contributed by atoms with Crippen molar-refractivity contribution in [2.45, 2.75) is 69.9 Å². The number of methoxy groups -OCH3 is 1. The number of hydrogen-bond donors (Lipinski definition) is 1. The fraction of sp³-hybridized carbons (Fsp3) is 1.00. The molecule has 0 aliphatic heterocycles. The van der Waals surface area contributed by atoms with Gasteiger partial charge in [0.1, 0.15) is 0 Å². The van der Waals surface area contributed by atoms with Gasteiger partial charge in [-0.05, 0) is 44.6 Å². The van der Waals surface area contributed by atoms with Gasteiger partial charge in [0.05, 0.1) is 5.60 Å². The van der Waals surface area contributed by atoms with E-state index in [1.807, 2.05) is 7.11 Å². The summed E-state index contributed by atoms with van der Waals surface area (Å²) in [5.41, 5.74) is 0.139. The van der Waals surface area contributed by atoms with Crippen LogP contribution in [0.3, 0.4) is 0 Å². The molecule has 0 aromatic carbocycles. The lowest BCUT2D eigenvalue weighted by molar-refractivity contribution is -0.0556. The second kappa shape index (κ2) is 5.71. The maximum absolute atomic E-state index is 5.97. The normalized spacial score (nSPS) is 34.8. The van der Waals surface area contributed by atoms with Gasteiger partial charge in [-0.3, -0.25) is 0 Å². The molecule has 2 nitrogen and oxygen atoms in total. The van der Waals surface area contributed by atoms with Crippen LogP contribution in [-0.2, 0) is 4.74 Å². The summed E-state index contributed by atoms with van der Waals surface area (Å²) >= 11 is 0. The zero-order valence-corrected chi connectivity index (χ0v) is 11.8. The third kappa shape index (κ3) is 2.68. The van der Waals surface area contributed by atoms with E-state index in [4.69, 9.17) is 4.74 Å². The molecule has 0 aromatic heterocycles. The molecule has 2 heteroatoms. The molecule has 1 unspecified atom stereocenters. The highest BCUT2D eigenvalue weighted by molar-refractivity contribution is 5.00. The molecule has 0 aromatic rings. The van der Waals surface area contributed by atoms with E-state index in [-0.39, 0.29) is 5.60 Å². The number of hydrogen-bond acceptors (Lipinski definition) is 2. The third-order valence-electron chi connectivity index (χ3n) is 5.27. The van der Waals surface area contributed by atoms with E-state index in [2.05, 4.69) is 19.3 Å². The van der Waals surface area contributed by atoms with Gasteiger partial charge < -0.3 is 10.1 Å². The Morgan fingerprint density at radius 2 is 1.71 bits per heavy atom. The smallest absolute Gasteiger partial charge is 0.0833 e. The van der Waals surface area contributed by atoms with E-state index in [1.54, 1.807) is 0 Å². The van der Waals surface area contributed by atoms with Crippen LogP contribution in [0.1, 0.15) is 58.3 Å². The molecule has 0 heterocycles. The van der Waals surface area contributed by atoms with Crippen molar-refractivity contribution in [1.82, 2.24) is 5.32 Å². The van der Waals surface area contributed by atoms with Crippen molar-refractivity contribution in [3.05, 3.63) is 0 Å². The Morgan fingerprint density at radius 3 is 2.18 bits per heavy atom. The molecule has 17 heavy (non-hydrogen) atoms. The fourth-order valence-corrected chi connectivity index (χ4v) is 4.16. The number of rotatable bonds is 4. The zero-order chi connectivity index (χ0) is 12.3.